The zero-order chi connectivity index (χ0) is 13.2. The third kappa shape index (κ3) is 3.15. The maximum absolute atomic E-state index is 5.90. The summed E-state index contributed by atoms with van der Waals surface area (Å²) in [5.41, 5.74) is 5.90. The Morgan fingerprint density at radius 3 is 2.68 bits per heavy atom. The highest BCUT2D eigenvalue weighted by Gasteiger charge is 2.27. The zero-order valence-corrected chi connectivity index (χ0v) is 11.5. The van der Waals surface area contributed by atoms with Crippen LogP contribution in [0.25, 0.3) is 0 Å². The van der Waals surface area contributed by atoms with Gasteiger partial charge in [-0.15, -0.1) is 0 Å². The fourth-order valence-electron chi connectivity index (χ4n) is 2.60. The average molecular weight is 262 g/mol. The van der Waals surface area contributed by atoms with E-state index in [1.165, 1.54) is 12.8 Å². The summed E-state index contributed by atoms with van der Waals surface area (Å²) in [5, 5.41) is 0. The molecule has 1 aliphatic carbocycles. The van der Waals surface area contributed by atoms with Crippen molar-refractivity contribution in [2.24, 2.45) is 5.92 Å². The molecule has 0 atom stereocenters. The maximum atomic E-state index is 5.90. The second-order valence-corrected chi connectivity index (χ2v) is 5.72. The molecule has 1 aliphatic heterocycles. The Morgan fingerprint density at radius 2 is 2.00 bits per heavy atom. The van der Waals surface area contributed by atoms with Crippen molar-refractivity contribution < 1.29 is 4.74 Å². The van der Waals surface area contributed by atoms with Gasteiger partial charge in [0.25, 0.3) is 0 Å². The van der Waals surface area contributed by atoms with Crippen LogP contribution < -0.4 is 10.6 Å². The zero-order valence-electron chi connectivity index (χ0n) is 11.5. The predicted molar refractivity (Wildman–Crippen MR) is 75.2 cm³/mol. The van der Waals surface area contributed by atoms with Crippen LogP contribution in [0.2, 0.25) is 0 Å². The average Bonchev–Trinajstić information content (AvgIpc) is 3.23. The maximum Gasteiger partial charge on any atom is 0.136 e. The van der Waals surface area contributed by atoms with E-state index in [2.05, 4.69) is 21.9 Å². The highest BCUT2D eigenvalue weighted by atomic mass is 16.5. The first kappa shape index (κ1) is 12.7. The molecule has 1 saturated carbocycles. The predicted octanol–water partition coefficient (Wildman–Crippen LogP) is 1.80. The van der Waals surface area contributed by atoms with Gasteiger partial charge in [-0.3, -0.25) is 0 Å². The first-order valence-corrected chi connectivity index (χ1v) is 7.15. The van der Waals surface area contributed by atoms with Crippen LogP contribution in [0, 0.1) is 5.92 Å². The molecular formula is C14H22N4O. The molecule has 0 aromatic carbocycles. The summed E-state index contributed by atoms with van der Waals surface area (Å²) in [6, 6.07) is 1.88. The molecule has 19 heavy (non-hydrogen) atoms. The molecule has 2 aliphatic rings. The van der Waals surface area contributed by atoms with E-state index in [0.717, 1.165) is 44.2 Å². The molecule has 0 unspecified atom stereocenters. The molecule has 5 nitrogen and oxygen atoms in total. The number of nitrogens with zero attached hydrogens (tertiary/aromatic N) is 3. The van der Waals surface area contributed by atoms with E-state index in [0.29, 0.717) is 17.7 Å². The van der Waals surface area contributed by atoms with Gasteiger partial charge in [0.2, 0.25) is 0 Å². The van der Waals surface area contributed by atoms with Gasteiger partial charge < -0.3 is 15.4 Å². The van der Waals surface area contributed by atoms with Crippen LogP contribution in [0.3, 0.4) is 0 Å². The van der Waals surface area contributed by atoms with E-state index >= 15 is 0 Å². The Labute approximate surface area is 114 Å². The van der Waals surface area contributed by atoms with E-state index in [9.17, 15) is 0 Å². The third-order valence-electron chi connectivity index (χ3n) is 3.96. The van der Waals surface area contributed by atoms with Gasteiger partial charge in [-0.2, -0.15) is 0 Å². The summed E-state index contributed by atoms with van der Waals surface area (Å²) in [6.07, 6.45) is 4.68. The minimum atomic E-state index is 0.540. The molecule has 3 rings (SSSR count). The number of rotatable bonds is 4. The molecule has 5 heteroatoms. The van der Waals surface area contributed by atoms with Gasteiger partial charge in [-0.05, 0) is 31.6 Å². The molecule has 104 valence electrons. The van der Waals surface area contributed by atoms with Crippen molar-refractivity contribution in [2.45, 2.75) is 31.6 Å². The lowest BCUT2D eigenvalue weighted by molar-refractivity contribution is 0.0685. The van der Waals surface area contributed by atoms with Crippen molar-refractivity contribution in [1.29, 1.82) is 0 Å². The smallest absolute Gasteiger partial charge is 0.136 e. The summed E-state index contributed by atoms with van der Waals surface area (Å²) in [5.74, 6) is 3.71. The lowest BCUT2D eigenvalue weighted by atomic mass is 10.00. The normalized spacial score (nSPS) is 20.5. The Hall–Kier alpha value is -1.36. The molecule has 2 fully saturated rings. The van der Waals surface area contributed by atoms with Crippen LogP contribution in [0.5, 0.6) is 0 Å². The summed E-state index contributed by atoms with van der Waals surface area (Å²) < 4.78 is 5.40. The van der Waals surface area contributed by atoms with Gasteiger partial charge in [-0.1, -0.05) is 0 Å². The van der Waals surface area contributed by atoms with Gasteiger partial charge in [0.15, 0.2) is 0 Å². The van der Waals surface area contributed by atoms with Crippen molar-refractivity contribution >= 4 is 11.6 Å². The van der Waals surface area contributed by atoms with Crippen molar-refractivity contribution in [3.8, 4) is 0 Å². The molecule has 2 N–H and O–H groups in total. The largest absolute Gasteiger partial charge is 0.384 e. The first-order chi connectivity index (χ1) is 9.22. The molecule has 1 aromatic rings. The van der Waals surface area contributed by atoms with Crippen LogP contribution in [0.15, 0.2) is 6.07 Å². The Morgan fingerprint density at radius 1 is 1.26 bits per heavy atom. The van der Waals surface area contributed by atoms with E-state index < -0.39 is 0 Å². The second kappa shape index (κ2) is 5.33. The molecule has 0 radical (unpaired) electrons. The first-order valence-electron chi connectivity index (χ1n) is 7.15. The van der Waals surface area contributed by atoms with Gasteiger partial charge in [0.1, 0.15) is 17.5 Å². The SMILES string of the molecule is CN(CC1CCOCC1)c1cc(N)nc(C2CC2)n1. The molecule has 1 aromatic heterocycles. The van der Waals surface area contributed by atoms with Crippen molar-refractivity contribution in [3.63, 3.8) is 0 Å². The summed E-state index contributed by atoms with van der Waals surface area (Å²) in [7, 11) is 2.09. The Kier molecular flexibility index (Phi) is 3.55. The number of anilines is 2. The van der Waals surface area contributed by atoms with Crippen molar-refractivity contribution in [1.82, 2.24) is 9.97 Å². The van der Waals surface area contributed by atoms with Crippen LogP contribution in [-0.2, 0) is 4.74 Å². The van der Waals surface area contributed by atoms with Crippen LogP contribution in [0.4, 0.5) is 11.6 Å². The van der Waals surface area contributed by atoms with Crippen molar-refractivity contribution in [2.75, 3.05) is 37.4 Å². The highest BCUT2D eigenvalue weighted by molar-refractivity contribution is 5.47. The fourth-order valence-corrected chi connectivity index (χ4v) is 2.60. The van der Waals surface area contributed by atoms with E-state index in [4.69, 9.17) is 10.5 Å². The second-order valence-electron chi connectivity index (χ2n) is 5.72. The summed E-state index contributed by atoms with van der Waals surface area (Å²) in [4.78, 5) is 11.2. The van der Waals surface area contributed by atoms with Gasteiger partial charge >= 0.3 is 0 Å². The Balaban J connectivity index is 1.69. The van der Waals surface area contributed by atoms with Crippen LogP contribution >= 0.6 is 0 Å². The van der Waals surface area contributed by atoms with Crippen LogP contribution in [-0.4, -0.2) is 36.8 Å². The quantitative estimate of drug-likeness (QED) is 0.896. The molecule has 2 heterocycles. The summed E-state index contributed by atoms with van der Waals surface area (Å²) in [6.45, 7) is 2.79. The topological polar surface area (TPSA) is 64.3 Å². The minimum Gasteiger partial charge on any atom is -0.384 e. The highest BCUT2D eigenvalue weighted by Crippen LogP contribution is 2.38. The van der Waals surface area contributed by atoms with E-state index in [-0.39, 0.29) is 0 Å². The molecule has 0 amide bonds. The van der Waals surface area contributed by atoms with E-state index in [1.54, 1.807) is 0 Å². The number of hydrogen-bond acceptors (Lipinski definition) is 5. The van der Waals surface area contributed by atoms with E-state index in [1.807, 2.05) is 6.07 Å². The number of aromatic nitrogens is 2. The Bertz CT molecular complexity index is 441. The lowest BCUT2D eigenvalue weighted by Gasteiger charge is -2.28. The van der Waals surface area contributed by atoms with Crippen LogP contribution in [0.1, 0.15) is 37.4 Å². The molecule has 1 saturated heterocycles. The number of nitrogen functional groups attached to an aromatic ring is 1. The number of nitrogens with two attached hydrogens (primary N) is 1. The van der Waals surface area contributed by atoms with Gasteiger partial charge in [0.05, 0.1) is 0 Å². The van der Waals surface area contributed by atoms with Crippen molar-refractivity contribution in [3.05, 3.63) is 11.9 Å². The molecule has 0 bridgehead atoms. The number of hydrogen-bond donors (Lipinski definition) is 1. The lowest BCUT2D eigenvalue weighted by Crippen LogP contribution is -2.30. The standard InChI is InChI=1S/C14H22N4O/c1-18(9-10-4-6-19-7-5-10)13-8-12(15)16-14(17-13)11-2-3-11/h8,10-11H,2-7,9H2,1H3,(H2,15,16,17). The molecule has 0 spiro atoms. The minimum absolute atomic E-state index is 0.540. The van der Waals surface area contributed by atoms with Gasteiger partial charge in [0, 0.05) is 38.8 Å². The third-order valence-corrected chi connectivity index (χ3v) is 3.96. The number of ether oxygens (including phenoxy) is 1. The summed E-state index contributed by atoms with van der Waals surface area (Å²) >= 11 is 0. The van der Waals surface area contributed by atoms with Gasteiger partial charge in [-0.25, -0.2) is 9.97 Å². The monoisotopic (exact) mass is 262 g/mol. The fraction of sp³-hybridized carbons (Fsp3) is 0.714. The molecular weight excluding hydrogens is 240 g/mol.